The Hall–Kier alpha value is -6.29. The van der Waals surface area contributed by atoms with E-state index in [2.05, 4.69) is 31.6 Å². The zero-order valence-electron chi connectivity index (χ0n) is 49.4. The predicted molar refractivity (Wildman–Crippen MR) is 313 cm³/mol. The summed E-state index contributed by atoms with van der Waals surface area (Å²) in [6, 6.07) is 21.1. The van der Waals surface area contributed by atoms with E-state index in [0.717, 1.165) is 11.1 Å². The molecular formula is C60H91N9O15. The van der Waals surface area contributed by atoms with Crippen LogP contribution in [0.2, 0.25) is 0 Å². The topological polar surface area (TPSA) is 309 Å². The van der Waals surface area contributed by atoms with Crippen molar-refractivity contribution in [3.8, 4) is 5.75 Å². The summed E-state index contributed by atoms with van der Waals surface area (Å²) in [6.45, 7) is 15.6. The Balaban J connectivity index is 0.905. The fourth-order valence-electron chi connectivity index (χ4n) is 8.10. The van der Waals surface area contributed by atoms with E-state index in [1.165, 1.54) is 0 Å². The van der Waals surface area contributed by atoms with Crippen LogP contribution in [0.5, 0.6) is 5.75 Å². The van der Waals surface area contributed by atoms with Crippen LogP contribution in [-0.4, -0.2) is 196 Å². The fraction of sp³-hybridized carbons (Fsp3) is 0.583. The molecule has 2 atom stereocenters. The van der Waals surface area contributed by atoms with Crippen molar-refractivity contribution in [2.45, 2.75) is 72.1 Å². The Morgan fingerprint density at radius 1 is 0.571 bits per heavy atom. The maximum Gasteiger partial charge on any atom is 0.251 e. The van der Waals surface area contributed by atoms with E-state index in [9.17, 15) is 24.0 Å². The number of primary amides is 1. The largest absolute Gasteiger partial charge is 0.487 e. The number of carbonyl (C=O) groups is 5. The Labute approximate surface area is 494 Å². The highest BCUT2D eigenvalue weighted by Gasteiger charge is 2.25. The SMILES string of the molecule is Cc1ccc(C(=O)NCCOCCOCCOCCOCCOCCOCCOCCOCCOCCNC(=O)c2cccc(OCc3cn(Cc4cccc(C(=O)NCCCC[C@H](CC(=O)[C@H](CC(C)C)NCN)C(N)=O)c4)nn3)c2)cc1. The molecular weight excluding hydrogens is 1090 g/mol. The number of nitrogens with zero attached hydrogens (tertiary/aromatic N) is 3. The lowest BCUT2D eigenvalue weighted by molar-refractivity contribution is -0.128. The molecule has 0 fully saturated rings. The molecule has 0 saturated heterocycles. The standard InChI is InChI=1S/C60H91N9O15/c1-46(2)38-55(66-45-61)56(70)41-50(57(62)71)9-4-5-17-63-59(73)51-10-6-8-48(39-51)42-69-43-53(67-68-69)44-84-54-12-7-11-52(40-54)60(74)65-19-21-76-23-25-78-27-29-80-31-33-82-35-37-83-36-34-81-32-30-79-28-26-77-24-22-75-20-18-64-58(72)49-15-13-47(3)14-16-49/h6-8,10-16,39-40,43,46,50,55,66H,4-5,9,17-38,41-42,44-45,61H2,1-3H3,(H2,62,71)(H,63,73)(H,64,72)(H,65,74)/t50-,55+/m1/s1. The van der Waals surface area contributed by atoms with Crippen molar-refractivity contribution in [2.24, 2.45) is 23.3 Å². The molecule has 24 nitrogen and oxygen atoms in total. The first-order chi connectivity index (χ1) is 40.9. The van der Waals surface area contributed by atoms with Crippen molar-refractivity contribution in [3.63, 3.8) is 0 Å². The van der Waals surface area contributed by atoms with Crippen molar-refractivity contribution in [1.82, 2.24) is 36.3 Å². The summed E-state index contributed by atoms with van der Waals surface area (Å²) in [5, 5.41) is 20.1. The maximum absolute atomic E-state index is 13.0. The van der Waals surface area contributed by atoms with Crippen LogP contribution in [0.4, 0.5) is 0 Å². The molecule has 4 rings (SSSR count). The molecule has 466 valence electrons. The molecule has 0 bridgehead atoms. The van der Waals surface area contributed by atoms with Crippen LogP contribution in [0, 0.1) is 18.8 Å². The van der Waals surface area contributed by atoms with Gasteiger partial charge in [-0.1, -0.05) is 61.4 Å². The molecule has 1 heterocycles. The number of ketones is 1. The zero-order valence-corrected chi connectivity index (χ0v) is 49.4. The highest BCUT2D eigenvalue weighted by atomic mass is 16.6. The van der Waals surface area contributed by atoms with Crippen LogP contribution < -0.4 is 37.5 Å². The van der Waals surface area contributed by atoms with Gasteiger partial charge in [-0.3, -0.25) is 29.3 Å². The molecule has 0 unspecified atom stereocenters. The van der Waals surface area contributed by atoms with E-state index >= 15 is 0 Å². The number of hydrogen-bond acceptors (Lipinski definition) is 19. The van der Waals surface area contributed by atoms with Crippen LogP contribution in [0.25, 0.3) is 0 Å². The summed E-state index contributed by atoms with van der Waals surface area (Å²) in [4.78, 5) is 62.9. The van der Waals surface area contributed by atoms with Gasteiger partial charge < -0.3 is 74.8 Å². The van der Waals surface area contributed by atoms with Crippen molar-refractivity contribution in [1.29, 1.82) is 0 Å². The quantitative estimate of drug-likeness (QED) is 0.0273. The van der Waals surface area contributed by atoms with Crippen LogP contribution in [0.1, 0.15) is 93.8 Å². The Bertz CT molecular complexity index is 2450. The van der Waals surface area contributed by atoms with Gasteiger partial charge in [-0.25, -0.2) is 4.68 Å². The third kappa shape index (κ3) is 32.1. The number of Topliss-reactive ketones (excluding diaryl/α,β-unsaturated/α-hetero) is 1. The van der Waals surface area contributed by atoms with E-state index < -0.39 is 17.9 Å². The van der Waals surface area contributed by atoms with Gasteiger partial charge in [0.1, 0.15) is 18.1 Å². The summed E-state index contributed by atoms with van der Waals surface area (Å²) in [5.74, 6) is -0.991. The highest BCUT2D eigenvalue weighted by Crippen LogP contribution is 2.18. The number of carbonyl (C=O) groups excluding carboxylic acids is 5. The van der Waals surface area contributed by atoms with Crippen molar-refractivity contribution >= 4 is 29.4 Å². The fourth-order valence-corrected chi connectivity index (χ4v) is 8.10. The number of amides is 4. The molecule has 0 saturated carbocycles. The minimum Gasteiger partial charge on any atom is -0.487 e. The maximum atomic E-state index is 13.0. The van der Waals surface area contributed by atoms with Gasteiger partial charge in [0, 0.05) is 55.3 Å². The van der Waals surface area contributed by atoms with Gasteiger partial charge in [-0.15, -0.1) is 5.10 Å². The number of aromatic nitrogens is 3. The van der Waals surface area contributed by atoms with E-state index in [4.69, 9.17) is 58.8 Å². The van der Waals surface area contributed by atoms with Gasteiger partial charge in [0.15, 0.2) is 5.78 Å². The first kappa shape index (κ1) is 70.2. The lowest BCUT2D eigenvalue weighted by Crippen LogP contribution is -2.42. The zero-order chi connectivity index (χ0) is 60.2. The Morgan fingerprint density at radius 3 is 1.55 bits per heavy atom. The Morgan fingerprint density at radius 2 is 1.05 bits per heavy atom. The van der Waals surface area contributed by atoms with Gasteiger partial charge in [0.25, 0.3) is 17.7 Å². The molecule has 24 heteroatoms. The molecule has 0 spiro atoms. The molecule has 3 aromatic carbocycles. The number of hydrogen-bond donors (Lipinski definition) is 6. The molecule has 0 aliphatic rings. The number of aryl methyl sites for hydroxylation is 1. The smallest absolute Gasteiger partial charge is 0.251 e. The molecule has 0 radical (unpaired) electrons. The van der Waals surface area contributed by atoms with E-state index in [1.54, 1.807) is 65.5 Å². The minimum absolute atomic E-state index is 0.0581. The summed E-state index contributed by atoms with van der Waals surface area (Å²) in [6.07, 6.45) is 4.12. The average molecular weight is 1180 g/mol. The lowest BCUT2D eigenvalue weighted by Gasteiger charge is -2.21. The number of nitrogens with one attached hydrogen (secondary N) is 4. The predicted octanol–water partition coefficient (Wildman–Crippen LogP) is 3.40. The van der Waals surface area contributed by atoms with Crippen molar-refractivity contribution in [3.05, 3.63) is 113 Å². The number of ether oxygens (including phenoxy) is 10. The van der Waals surface area contributed by atoms with Crippen LogP contribution in [0.3, 0.4) is 0 Å². The first-order valence-corrected chi connectivity index (χ1v) is 29.0. The van der Waals surface area contributed by atoms with Gasteiger partial charge in [-0.05, 0) is 80.1 Å². The summed E-state index contributed by atoms with van der Waals surface area (Å²) in [5.41, 5.74) is 15.4. The molecule has 84 heavy (non-hydrogen) atoms. The molecule has 0 aliphatic heterocycles. The summed E-state index contributed by atoms with van der Waals surface area (Å²) in [7, 11) is 0. The number of benzene rings is 3. The normalized spacial score (nSPS) is 12.1. The molecule has 0 aliphatic carbocycles. The van der Waals surface area contributed by atoms with Crippen molar-refractivity contribution < 1.29 is 71.3 Å². The van der Waals surface area contributed by atoms with E-state index in [0.29, 0.717) is 199 Å². The Kier molecular flexibility index (Phi) is 37.0. The van der Waals surface area contributed by atoms with Gasteiger partial charge in [0.05, 0.1) is 138 Å². The van der Waals surface area contributed by atoms with Crippen molar-refractivity contribution in [2.75, 3.05) is 145 Å². The number of nitrogens with two attached hydrogens (primary N) is 2. The number of rotatable bonds is 51. The molecule has 1 aromatic heterocycles. The monoisotopic (exact) mass is 1180 g/mol. The summed E-state index contributed by atoms with van der Waals surface area (Å²) >= 11 is 0. The van der Waals surface area contributed by atoms with E-state index in [-0.39, 0.29) is 49.1 Å². The van der Waals surface area contributed by atoms with E-state index in [1.807, 2.05) is 39.0 Å². The molecule has 4 aromatic rings. The highest BCUT2D eigenvalue weighted by molar-refractivity contribution is 5.95. The van der Waals surface area contributed by atoms with Crippen LogP contribution in [0.15, 0.2) is 79.0 Å². The number of unbranched alkanes of at least 4 members (excludes halogenated alkanes) is 1. The molecule has 8 N–H and O–H groups in total. The van der Waals surface area contributed by atoms with Crippen LogP contribution >= 0.6 is 0 Å². The third-order valence-electron chi connectivity index (χ3n) is 12.5. The van der Waals surface area contributed by atoms with Crippen LogP contribution in [-0.2, 0) is 65.4 Å². The van der Waals surface area contributed by atoms with Gasteiger partial charge in [-0.2, -0.15) is 0 Å². The van der Waals surface area contributed by atoms with Gasteiger partial charge >= 0.3 is 0 Å². The third-order valence-corrected chi connectivity index (χ3v) is 12.5. The second-order valence-electron chi connectivity index (χ2n) is 19.9. The second kappa shape index (κ2) is 44.2. The molecule has 4 amide bonds. The van der Waals surface area contributed by atoms with Gasteiger partial charge in [0.2, 0.25) is 5.91 Å². The summed E-state index contributed by atoms with van der Waals surface area (Å²) < 4.78 is 57.3. The first-order valence-electron chi connectivity index (χ1n) is 29.0. The average Bonchev–Trinajstić information content (AvgIpc) is 3.95. The lowest BCUT2D eigenvalue weighted by atomic mass is 9.90. The minimum atomic E-state index is -0.580. The second-order valence-corrected chi connectivity index (χ2v) is 19.9.